The Morgan fingerprint density at radius 1 is 1.04 bits per heavy atom. The summed E-state index contributed by atoms with van der Waals surface area (Å²) in [6.07, 6.45) is 11.6. The average molecular weight is 327 g/mol. The summed E-state index contributed by atoms with van der Waals surface area (Å²) in [5.41, 5.74) is 2.77. The number of carbonyl (C=O) groups is 1. The Labute approximate surface area is 145 Å². The molecule has 3 nitrogen and oxygen atoms in total. The van der Waals surface area contributed by atoms with Crippen LogP contribution < -0.4 is 10.2 Å². The van der Waals surface area contributed by atoms with E-state index in [1.807, 2.05) is 0 Å². The van der Waals surface area contributed by atoms with Gasteiger partial charge in [-0.15, -0.1) is 0 Å². The summed E-state index contributed by atoms with van der Waals surface area (Å²) in [6.45, 7) is 1.87. The second-order valence-electron chi connectivity index (χ2n) is 8.09. The fraction of sp³-hybridized carbons (Fsp3) is 0.667. The number of piperidine rings is 1. The van der Waals surface area contributed by atoms with E-state index in [0.29, 0.717) is 6.54 Å². The second-order valence-corrected chi connectivity index (χ2v) is 8.09. The van der Waals surface area contributed by atoms with E-state index in [-0.39, 0.29) is 11.9 Å². The van der Waals surface area contributed by atoms with Gasteiger partial charge >= 0.3 is 0 Å². The lowest BCUT2D eigenvalue weighted by Crippen LogP contribution is -3.18. The molecule has 0 aromatic heterocycles. The second kappa shape index (κ2) is 7.26. The maximum atomic E-state index is 12.7. The molecule has 4 atom stereocenters. The number of rotatable bonds is 3. The van der Waals surface area contributed by atoms with Crippen LogP contribution in [0.15, 0.2) is 24.3 Å². The lowest BCUT2D eigenvalue weighted by atomic mass is 9.78. The van der Waals surface area contributed by atoms with Crippen LogP contribution in [0, 0.1) is 5.92 Å². The fourth-order valence-electron chi connectivity index (χ4n) is 5.44. The SMILES string of the molecule is O=C(C[NH+]1CCC[C@H]2CCCC[C@@H]21)N[C@@H]1CCCc2ccccc21. The summed E-state index contributed by atoms with van der Waals surface area (Å²) in [5.74, 6) is 1.14. The molecule has 0 radical (unpaired) electrons. The van der Waals surface area contributed by atoms with Crippen molar-refractivity contribution in [2.75, 3.05) is 13.1 Å². The molecule has 1 aromatic carbocycles. The highest BCUT2D eigenvalue weighted by Gasteiger charge is 2.37. The number of amides is 1. The Bertz CT molecular complexity index is 583. The number of benzene rings is 1. The predicted molar refractivity (Wildman–Crippen MR) is 95.9 cm³/mol. The Morgan fingerprint density at radius 2 is 1.88 bits per heavy atom. The lowest BCUT2D eigenvalue weighted by Gasteiger charge is -2.41. The van der Waals surface area contributed by atoms with Crippen molar-refractivity contribution in [1.29, 1.82) is 0 Å². The molecule has 3 aliphatic rings. The van der Waals surface area contributed by atoms with Crippen molar-refractivity contribution >= 4 is 5.91 Å². The van der Waals surface area contributed by atoms with Gasteiger partial charge < -0.3 is 10.2 Å². The number of aryl methyl sites for hydroxylation is 1. The van der Waals surface area contributed by atoms with E-state index in [1.165, 1.54) is 62.6 Å². The minimum Gasteiger partial charge on any atom is -0.344 e. The zero-order valence-electron chi connectivity index (χ0n) is 14.7. The number of quaternary nitrogens is 1. The van der Waals surface area contributed by atoms with E-state index in [1.54, 1.807) is 4.90 Å². The molecule has 2 fully saturated rings. The smallest absolute Gasteiger partial charge is 0.275 e. The summed E-state index contributed by atoms with van der Waals surface area (Å²) in [4.78, 5) is 14.3. The normalized spacial score (nSPS) is 32.5. The summed E-state index contributed by atoms with van der Waals surface area (Å²) in [7, 11) is 0. The highest BCUT2D eigenvalue weighted by Crippen LogP contribution is 2.30. The quantitative estimate of drug-likeness (QED) is 0.878. The molecule has 2 aliphatic carbocycles. The monoisotopic (exact) mass is 327 g/mol. The molecule has 1 saturated heterocycles. The largest absolute Gasteiger partial charge is 0.344 e. The van der Waals surface area contributed by atoms with Crippen LogP contribution in [0.1, 0.15) is 68.5 Å². The molecule has 1 amide bonds. The molecule has 2 N–H and O–H groups in total. The first-order valence-corrected chi connectivity index (χ1v) is 10.0. The van der Waals surface area contributed by atoms with Gasteiger partial charge in [0.25, 0.3) is 5.91 Å². The fourth-order valence-corrected chi connectivity index (χ4v) is 5.44. The molecule has 1 unspecified atom stereocenters. The van der Waals surface area contributed by atoms with Crippen LogP contribution in [0.25, 0.3) is 0 Å². The molecular weight excluding hydrogens is 296 g/mol. The van der Waals surface area contributed by atoms with Crippen molar-refractivity contribution < 1.29 is 9.69 Å². The van der Waals surface area contributed by atoms with Gasteiger partial charge in [0, 0.05) is 5.92 Å². The minimum absolute atomic E-state index is 0.230. The van der Waals surface area contributed by atoms with Crippen molar-refractivity contribution in [2.45, 2.75) is 69.9 Å². The Balaban J connectivity index is 1.38. The van der Waals surface area contributed by atoms with E-state index in [4.69, 9.17) is 0 Å². The van der Waals surface area contributed by atoms with Crippen molar-refractivity contribution in [3.63, 3.8) is 0 Å². The van der Waals surface area contributed by atoms with E-state index in [2.05, 4.69) is 29.6 Å². The first-order valence-electron chi connectivity index (χ1n) is 10.0. The van der Waals surface area contributed by atoms with Gasteiger partial charge in [-0.25, -0.2) is 0 Å². The summed E-state index contributed by atoms with van der Waals surface area (Å²) in [6, 6.07) is 9.61. The predicted octanol–water partition coefficient (Wildman–Crippen LogP) is 2.42. The van der Waals surface area contributed by atoms with Gasteiger partial charge in [-0.05, 0) is 62.5 Å². The van der Waals surface area contributed by atoms with Crippen LogP contribution in [-0.2, 0) is 11.2 Å². The van der Waals surface area contributed by atoms with Gasteiger partial charge in [0.1, 0.15) is 0 Å². The van der Waals surface area contributed by atoms with Crippen LogP contribution in [0.4, 0.5) is 0 Å². The molecule has 3 heteroatoms. The Hall–Kier alpha value is -1.35. The molecule has 0 bridgehead atoms. The third kappa shape index (κ3) is 3.37. The zero-order valence-corrected chi connectivity index (χ0v) is 14.7. The summed E-state index contributed by atoms with van der Waals surface area (Å²) < 4.78 is 0. The van der Waals surface area contributed by atoms with Crippen molar-refractivity contribution in [3.8, 4) is 0 Å². The molecule has 1 aliphatic heterocycles. The van der Waals surface area contributed by atoms with E-state index >= 15 is 0 Å². The maximum absolute atomic E-state index is 12.7. The number of likely N-dealkylation sites (tertiary alicyclic amines) is 1. The molecule has 24 heavy (non-hydrogen) atoms. The van der Waals surface area contributed by atoms with Crippen molar-refractivity contribution in [2.24, 2.45) is 5.92 Å². The third-order valence-corrected chi connectivity index (χ3v) is 6.60. The Kier molecular flexibility index (Phi) is 4.88. The molecule has 1 heterocycles. The van der Waals surface area contributed by atoms with Crippen molar-refractivity contribution in [1.82, 2.24) is 5.32 Å². The molecule has 130 valence electrons. The highest BCUT2D eigenvalue weighted by atomic mass is 16.2. The average Bonchev–Trinajstić information content (AvgIpc) is 2.62. The van der Waals surface area contributed by atoms with Crippen LogP contribution in [0.3, 0.4) is 0 Å². The van der Waals surface area contributed by atoms with Gasteiger partial charge in [-0.2, -0.15) is 0 Å². The van der Waals surface area contributed by atoms with E-state index < -0.39 is 0 Å². The molecular formula is C21H31N2O+. The topological polar surface area (TPSA) is 33.5 Å². The van der Waals surface area contributed by atoms with Crippen LogP contribution in [0.5, 0.6) is 0 Å². The molecule has 0 spiro atoms. The minimum atomic E-state index is 0.230. The van der Waals surface area contributed by atoms with Crippen LogP contribution >= 0.6 is 0 Å². The van der Waals surface area contributed by atoms with Gasteiger partial charge in [-0.1, -0.05) is 30.7 Å². The molecule has 1 aromatic rings. The number of nitrogens with one attached hydrogen (secondary N) is 2. The highest BCUT2D eigenvalue weighted by molar-refractivity contribution is 5.77. The van der Waals surface area contributed by atoms with Crippen LogP contribution in [0.2, 0.25) is 0 Å². The lowest BCUT2D eigenvalue weighted by molar-refractivity contribution is -0.928. The molecule has 4 rings (SSSR count). The van der Waals surface area contributed by atoms with Gasteiger partial charge in [0.15, 0.2) is 6.54 Å². The van der Waals surface area contributed by atoms with E-state index in [9.17, 15) is 4.79 Å². The number of carbonyl (C=O) groups excluding carboxylic acids is 1. The maximum Gasteiger partial charge on any atom is 0.275 e. The molecule has 1 saturated carbocycles. The number of hydrogen-bond acceptors (Lipinski definition) is 1. The summed E-state index contributed by atoms with van der Waals surface area (Å²) in [5, 5.41) is 3.36. The van der Waals surface area contributed by atoms with Crippen LogP contribution in [-0.4, -0.2) is 25.0 Å². The standard InChI is InChI=1S/C21H30N2O/c24-21(15-23-14-6-10-17-8-2-4-13-20(17)23)22-19-12-5-9-16-7-1-3-11-18(16)19/h1,3,7,11,17,19-20H,2,4-6,8-10,12-15H2,(H,22,24)/p+1/t17-,19-,20+/m1/s1. The number of hydrogen-bond donors (Lipinski definition) is 2. The zero-order chi connectivity index (χ0) is 16.4. The number of fused-ring (bicyclic) bond motifs is 2. The van der Waals surface area contributed by atoms with Gasteiger partial charge in [-0.3, -0.25) is 4.79 Å². The van der Waals surface area contributed by atoms with E-state index in [0.717, 1.165) is 24.8 Å². The van der Waals surface area contributed by atoms with Crippen molar-refractivity contribution in [3.05, 3.63) is 35.4 Å². The first kappa shape index (κ1) is 16.1. The summed E-state index contributed by atoms with van der Waals surface area (Å²) >= 11 is 0. The first-order chi connectivity index (χ1) is 11.8. The van der Waals surface area contributed by atoms with Gasteiger partial charge in [0.2, 0.25) is 0 Å². The van der Waals surface area contributed by atoms with Gasteiger partial charge in [0.05, 0.1) is 18.6 Å². The third-order valence-electron chi connectivity index (χ3n) is 6.60. The Morgan fingerprint density at radius 3 is 2.83 bits per heavy atom.